The van der Waals surface area contributed by atoms with Crippen molar-refractivity contribution < 1.29 is 9.90 Å². The highest BCUT2D eigenvalue weighted by atomic mass is 32.1. The predicted molar refractivity (Wildman–Crippen MR) is 111 cm³/mol. The minimum absolute atomic E-state index is 0.0129. The Kier molecular flexibility index (Phi) is 6.16. The zero-order chi connectivity index (χ0) is 20.2. The van der Waals surface area contributed by atoms with Gasteiger partial charge >= 0.3 is 0 Å². The number of carbonyl (C=O) groups is 1. The summed E-state index contributed by atoms with van der Waals surface area (Å²) >= 11 is 1.16. The monoisotopic (exact) mass is 418 g/mol. The predicted octanol–water partition coefficient (Wildman–Crippen LogP) is -0.287. The van der Waals surface area contributed by atoms with Crippen molar-refractivity contribution in [3.63, 3.8) is 0 Å². The number of anilines is 2. The lowest BCUT2D eigenvalue weighted by Crippen LogP contribution is -2.49. The van der Waals surface area contributed by atoms with Crippen molar-refractivity contribution >= 4 is 29.1 Å². The molecule has 2 aromatic heterocycles. The number of rotatable bonds is 5. The number of aliphatic hydroxyl groups is 1. The summed E-state index contributed by atoms with van der Waals surface area (Å²) in [4.78, 5) is 21.7. The molecule has 4 rings (SSSR count). The van der Waals surface area contributed by atoms with Gasteiger partial charge in [0.1, 0.15) is 4.88 Å². The Labute approximate surface area is 173 Å². The highest BCUT2D eigenvalue weighted by molar-refractivity contribution is 7.07. The molecule has 0 unspecified atom stereocenters. The Balaban J connectivity index is 1.30. The molecule has 0 aliphatic carbocycles. The molecule has 2 saturated heterocycles. The van der Waals surface area contributed by atoms with Gasteiger partial charge in [0.25, 0.3) is 5.91 Å². The fraction of sp³-hybridized carbons (Fsp3) is 0.611. The third-order valence-electron chi connectivity index (χ3n) is 5.49. The summed E-state index contributed by atoms with van der Waals surface area (Å²) in [5.41, 5.74) is 0.695. The van der Waals surface area contributed by atoms with Gasteiger partial charge in [-0.2, -0.15) is 0 Å². The summed E-state index contributed by atoms with van der Waals surface area (Å²) < 4.78 is 3.86. The lowest BCUT2D eigenvalue weighted by Gasteiger charge is -2.36. The van der Waals surface area contributed by atoms with Gasteiger partial charge in [-0.05, 0) is 30.6 Å². The number of piperazine rings is 2. The van der Waals surface area contributed by atoms with Crippen LogP contribution < -0.4 is 9.80 Å². The van der Waals surface area contributed by atoms with E-state index < -0.39 is 0 Å². The van der Waals surface area contributed by atoms with E-state index in [1.54, 1.807) is 0 Å². The van der Waals surface area contributed by atoms with Gasteiger partial charge in [0, 0.05) is 58.9 Å². The first kappa shape index (κ1) is 19.9. The maximum Gasteiger partial charge on any atom is 0.267 e. The Morgan fingerprint density at radius 2 is 1.55 bits per heavy atom. The molecule has 1 N–H and O–H groups in total. The van der Waals surface area contributed by atoms with E-state index in [9.17, 15) is 4.79 Å². The molecule has 2 aliphatic heterocycles. The Morgan fingerprint density at radius 1 is 0.966 bits per heavy atom. The molecule has 10 nitrogen and oxygen atoms in total. The molecule has 0 saturated carbocycles. The molecule has 4 heterocycles. The van der Waals surface area contributed by atoms with Crippen LogP contribution in [0, 0.1) is 6.92 Å². The van der Waals surface area contributed by atoms with Crippen LogP contribution >= 0.6 is 11.5 Å². The van der Waals surface area contributed by atoms with E-state index >= 15 is 0 Å². The number of aromatic nitrogens is 4. The van der Waals surface area contributed by atoms with E-state index in [1.807, 2.05) is 24.0 Å². The number of hydrogen-bond acceptors (Lipinski definition) is 10. The molecule has 11 heteroatoms. The maximum absolute atomic E-state index is 12.6. The van der Waals surface area contributed by atoms with Gasteiger partial charge in [0.2, 0.25) is 0 Å². The molecule has 156 valence electrons. The molecular formula is C18H26N8O2S. The molecule has 0 spiro atoms. The Bertz CT molecular complexity index is 814. The summed E-state index contributed by atoms with van der Waals surface area (Å²) in [7, 11) is 0. The van der Waals surface area contributed by atoms with E-state index in [0.29, 0.717) is 23.7 Å². The Morgan fingerprint density at radius 3 is 2.03 bits per heavy atom. The van der Waals surface area contributed by atoms with Crippen LogP contribution in [0.1, 0.15) is 15.4 Å². The van der Waals surface area contributed by atoms with Crippen LogP contribution in [0.4, 0.5) is 11.6 Å². The first-order valence-electron chi connectivity index (χ1n) is 9.91. The highest BCUT2D eigenvalue weighted by Crippen LogP contribution is 2.19. The van der Waals surface area contributed by atoms with E-state index in [4.69, 9.17) is 5.11 Å². The average Bonchev–Trinajstić information content (AvgIpc) is 3.20. The molecular weight excluding hydrogens is 392 g/mol. The number of aliphatic hydroxyl groups excluding tert-OH is 1. The van der Waals surface area contributed by atoms with Crippen molar-refractivity contribution in [2.45, 2.75) is 6.92 Å². The van der Waals surface area contributed by atoms with Crippen LogP contribution in [-0.2, 0) is 0 Å². The largest absolute Gasteiger partial charge is 0.395 e. The quantitative estimate of drug-likeness (QED) is 0.702. The van der Waals surface area contributed by atoms with Crippen LogP contribution in [0.15, 0.2) is 12.1 Å². The summed E-state index contributed by atoms with van der Waals surface area (Å²) in [6.45, 7) is 9.12. The third kappa shape index (κ3) is 4.46. The van der Waals surface area contributed by atoms with E-state index in [1.165, 1.54) is 0 Å². The number of aryl methyl sites for hydroxylation is 1. The second-order valence-corrected chi connectivity index (χ2v) is 8.02. The standard InChI is InChI=1S/C18H26N8O2S/c1-14-17(29-22-19-14)18(28)26-10-8-25(9-11-26)16-3-2-15(20-21-16)24-6-4-23(5-7-24)12-13-27/h2-3,27H,4-13H2,1H3. The van der Waals surface area contributed by atoms with Crippen LogP contribution in [0.25, 0.3) is 0 Å². The minimum Gasteiger partial charge on any atom is -0.395 e. The molecule has 1 amide bonds. The van der Waals surface area contributed by atoms with Gasteiger partial charge in [-0.1, -0.05) is 4.49 Å². The maximum atomic E-state index is 12.6. The number of β-amino-alcohol motifs (C(OH)–C–C–N with tert-alkyl or cyclic N) is 1. The van der Waals surface area contributed by atoms with Crippen molar-refractivity contribution in [1.82, 2.24) is 29.6 Å². The molecule has 2 fully saturated rings. The van der Waals surface area contributed by atoms with Crippen molar-refractivity contribution in [2.24, 2.45) is 0 Å². The van der Waals surface area contributed by atoms with Gasteiger partial charge in [0.15, 0.2) is 11.6 Å². The van der Waals surface area contributed by atoms with Crippen LogP contribution in [-0.4, -0.2) is 106 Å². The minimum atomic E-state index is 0.0129. The van der Waals surface area contributed by atoms with Crippen LogP contribution in [0.2, 0.25) is 0 Å². The van der Waals surface area contributed by atoms with Gasteiger partial charge in [-0.3, -0.25) is 9.69 Å². The normalized spacial score (nSPS) is 18.3. The third-order valence-corrected chi connectivity index (χ3v) is 6.30. The molecule has 0 atom stereocenters. The molecule has 2 aliphatic rings. The summed E-state index contributed by atoms with van der Waals surface area (Å²) in [6.07, 6.45) is 0. The molecule has 2 aromatic rings. The van der Waals surface area contributed by atoms with Crippen molar-refractivity contribution in [3.8, 4) is 0 Å². The van der Waals surface area contributed by atoms with Gasteiger partial charge in [0.05, 0.1) is 12.3 Å². The number of nitrogens with zero attached hydrogens (tertiary/aromatic N) is 8. The van der Waals surface area contributed by atoms with E-state index in [2.05, 4.69) is 34.5 Å². The molecule has 29 heavy (non-hydrogen) atoms. The first-order valence-corrected chi connectivity index (χ1v) is 10.7. The van der Waals surface area contributed by atoms with Gasteiger partial charge in [-0.15, -0.1) is 15.3 Å². The topological polar surface area (TPSA) is 102 Å². The Hall–Kier alpha value is -2.37. The number of amides is 1. The molecule has 0 aromatic carbocycles. The van der Waals surface area contributed by atoms with Crippen molar-refractivity contribution in [3.05, 3.63) is 22.7 Å². The lowest BCUT2D eigenvalue weighted by molar-refractivity contribution is 0.0750. The zero-order valence-corrected chi connectivity index (χ0v) is 17.4. The fourth-order valence-corrected chi connectivity index (χ4v) is 4.33. The second kappa shape index (κ2) is 8.97. The van der Waals surface area contributed by atoms with E-state index in [0.717, 1.165) is 69.0 Å². The smallest absolute Gasteiger partial charge is 0.267 e. The number of hydrogen-bond donors (Lipinski definition) is 1. The summed E-state index contributed by atoms with van der Waals surface area (Å²) in [6, 6.07) is 4.03. The number of carbonyl (C=O) groups excluding carboxylic acids is 1. The zero-order valence-electron chi connectivity index (χ0n) is 16.6. The lowest BCUT2D eigenvalue weighted by atomic mass is 10.2. The average molecular weight is 419 g/mol. The van der Waals surface area contributed by atoms with Gasteiger partial charge < -0.3 is 19.8 Å². The highest BCUT2D eigenvalue weighted by Gasteiger charge is 2.26. The second-order valence-electron chi connectivity index (χ2n) is 7.27. The summed E-state index contributed by atoms with van der Waals surface area (Å²) in [5, 5.41) is 21.8. The van der Waals surface area contributed by atoms with Crippen LogP contribution in [0.3, 0.4) is 0 Å². The SMILES string of the molecule is Cc1nnsc1C(=O)N1CCN(c2ccc(N3CCN(CCO)CC3)nn2)CC1. The fourth-order valence-electron chi connectivity index (χ4n) is 3.71. The first-order chi connectivity index (χ1) is 14.2. The van der Waals surface area contributed by atoms with Crippen LogP contribution in [0.5, 0.6) is 0 Å². The molecule has 0 bridgehead atoms. The van der Waals surface area contributed by atoms with Crippen molar-refractivity contribution in [2.75, 3.05) is 75.3 Å². The molecule has 0 radical (unpaired) electrons. The van der Waals surface area contributed by atoms with Crippen molar-refractivity contribution in [1.29, 1.82) is 0 Å². The van der Waals surface area contributed by atoms with E-state index in [-0.39, 0.29) is 12.5 Å². The van der Waals surface area contributed by atoms with Gasteiger partial charge in [-0.25, -0.2) is 0 Å². The summed E-state index contributed by atoms with van der Waals surface area (Å²) in [5.74, 6) is 1.74.